The molecule has 0 aliphatic carbocycles. The summed E-state index contributed by atoms with van der Waals surface area (Å²) >= 11 is 0. The van der Waals surface area contributed by atoms with Gasteiger partial charge < -0.3 is 19.5 Å². The molecule has 0 bridgehead atoms. The third-order valence-corrected chi connectivity index (χ3v) is 4.30. The third kappa shape index (κ3) is 3.42. The Labute approximate surface area is 141 Å². The van der Waals surface area contributed by atoms with Crippen LogP contribution in [0.2, 0.25) is 0 Å². The summed E-state index contributed by atoms with van der Waals surface area (Å²) in [7, 11) is 1.61. The molecule has 6 nitrogen and oxygen atoms in total. The lowest BCUT2D eigenvalue weighted by Gasteiger charge is -2.34. The average Bonchev–Trinajstić information content (AvgIpc) is 3.16. The van der Waals surface area contributed by atoms with Crippen LogP contribution >= 0.6 is 0 Å². The van der Waals surface area contributed by atoms with Crippen LogP contribution < -0.4 is 4.74 Å². The second kappa shape index (κ2) is 7.21. The first-order chi connectivity index (χ1) is 11.7. The van der Waals surface area contributed by atoms with Gasteiger partial charge in [0.25, 0.3) is 5.91 Å². The number of amides is 2. The van der Waals surface area contributed by atoms with Gasteiger partial charge in [-0.2, -0.15) is 0 Å². The van der Waals surface area contributed by atoms with Crippen molar-refractivity contribution in [3.05, 3.63) is 53.9 Å². The Hall–Kier alpha value is -2.76. The molecule has 0 saturated carbocycles. The van der Waals surface area contributed by atoms with Gasteiger partial charge in [-0.05, 0) is 12.1 Å². The van der Waals surface area contributed by atoms with Gasteiger partial charge in [0.2, 0.25) is 5.91 Å². The van der Waals surface area contributed by atoms with Gasteiger partial charge in [0.15, 0.2) is 0 Å². The number of nitrogens with one attached hydrogen (secondary N) is 1. The van der Waals surface area contributed by atoms with Crippen molar-refractivity contribution in [1.29, 1.82) is 0 Å². The SMILES string of the molecule is COc1ccccc1CC(=O)N1CCN(C(=O)c2cc[nH]c2)CC1. The Bertz CT molecular complexity index is 704. The number of carbonyl (C=O) groups excluding carboxylic acids is 2. The molecular weight excluding hydrogens is 306 g/mol. The monoisotopic (exact) mass is 327 g/mol. The normalized spacial score (nSPS) is 14.5. The van der Waals surface area contributed by atoms with Gasteiger partial charge in [-0.15, -0.1) is 0 Å². The van der Waals surface area contributed by atoms with Crippen LogP contribution in [-0.2, 0) is 11.2 Å². The van der Waals surface area contributed by atoms with Crippen LogP contribution in [0.4, 0.5) is 0 Å². The first kappa shape index (κ1) is 16.1. The number of aromatic nitrogens is 1. The standard InChI is InChI=1S/C18H21N3O3/c1-24-16-5-3-2-4-14(16)12-17(22)20-8-10-21(11-9-20)18(23)15-6-7-19-13-15/h2-7,13,19H,8-12H2,1H3. The van der Waals surface area contributed by atoms with Gasteiger partial charge in [-0.25, -0.2) is 0 Å². The molecule has 0 unspecified atom stereocenters. The fraction of sp³-hybridized carbons (Fsp3) is 0.333. The molecule has 0 radical (unpaired) electrons. The lowest BCUT2D eigenvalue weighted by molar-refractivity contribution is -0.131. The van der Waals surface area contributed by atoms with E-state index in [4.69, 9.17) is 4.74 Å². The van der Waals surface area contributed by atoms with E-state index < -0.39 is 0 Å². The number of piperazine rings is 1. The highest BCUT2D eigenvalue weighted by atomic mass is 16.5. The van der Waals surface area contributed by atoms with Crippen molar-refractivity contribution in [1.82, 2.24) is 14.8 Å². The summed E-state index contributed by atoms with van der Waals surface area (Å²) in [6.45, 7) is 2.23. The Balaban J connectivity index is 1.56. The van der Waals surface area contributed by atoms with Crippen molar-refractivity contribution >= 4 is 11.8 Å². The highest BCUT2D eigenvalue weighted by molar-refractivity contribution is 5.94. The Morgan fingerprint density at radius 2 is 1.79 bits per heavy atom. The van der Waals surface area contributed by atoms with E-state index in [-0.39, 0.29) is 11.8 Å². The largest absolute Gasteiger partial charge is 0.496 e. The number of hydrogen-bond donors (Lipinski definition) is 1. The van der Waals surface area contributed by atoms with Crippen LogP contribution in [0.15, 0.2) is 42.7 Å². The van der Waals surface area contributed by atoms with Crippen LogP contribution in [0.1, 0.15) is 15.9 Å². The molecule has 3 rings (SSSR count). The number of H-pyrrole nitrogens is 1. The highest BCUT2D eigenvalue weighted by Gasteiger charge is 2.25. The zero-order valence-electron chi connectivity index (χ0n) is 13.7. The molecule has 2 heterocycles. The number of rotatable bonds is 4. The minimum atomic E-state index is 0.00748. The van der Waals surface area contributed by atoms with Crippen LogP contribution in [0, 0.1) is 0 Å². The second-order valence-electron chi connectivity index (χ2n) is 5.76. The average molecular weight is 327 g/mol. The van der Waals surface area contributed by atoms with Gasteiger partial charge in [-0.1, -0.05) is 18.2 Å². The number of nitrogens with zero attached hydrogens (tertiary/aromatic N) is 2. The highest BCUT2D eigenvalue weighted by Crippen LogP contribution is 2.19. The number of ether oxygens (including phenoxy) is 1. The predicted molar refractivity (Wildman–Crippen MR) is 90.0 cm³/mol. The molecule has 0 atom stereocenters. The van der Waals surface area contributed by atoms with E-state index in [0.717, 1.165) is 11.3 Å². The maximum absolute atomic E-state index is 12.5. The van der Waals surface area contributed by atoms with E-state index in [1.807, 2.05) is 29.2 Å². The van der Waals surface area contributed by atoms with Gasteiger partial charge >= 0.3 is 0 Å². The van der Waals surface area contributed by atoms with Crippen molar-refractivity contribution < 1.29 is 14.3 Å². The van der Waals surface area contributed by atoms with E-state index in [1.165, 1.54) is 0 Å². The smallest absolute Gasteiger partial charge is 0.255 e. The number of carbonyl (C=O) groups is 2. The number of benzene rings is 1. The molecular formula is C18H21N3O3. The summed E-state index contributed by atoms with van der Waals surface area (Å²) in [5.74, 6) is 0.799. The zero-order chi connectivity index (χ0) is 16.9. The number of hydrogen-bond acceptors (Lipinski definition) is 3. The van der Waals surface area contributed by atoms with E-state index in [0.29, 0.717) is 38.2 Å². The molecule has 0 spiro atoms. The summed E-state index contributed by atoms with van der Waals surface area (Å²) in [5.41, 5.74) is 1.54. The van der Waals surface area contributed by atoms with Crippen LogP contribution in [0.3, 0.4) is 0 Å². The summed E-state index contributed by atoms with van der Waals surface area (Å²) in [4.78, 5) is 31.3. The molecule has 1 N–H and O–H groups in total. The molecule has 24 heavy (non-hydrogen) atoms. The maximum Gasteiger partial charge on any atom is 0.255 e. The third-order valence-electron chi connectivity index (χ3n) is 4.30. The number of methoxy groups -OCH3 is 1. The molecule has 1 fully saturated rings. The summed E-state index contributed by atoms with van der Waals surface area (Å²) in [6.07, 6.45) is 3.75. The molecule has 2 aromatic rings. The minimum Gasteiger partial charge on any atom is -0.496 e. The van der Waals surface area contributed by atoms with Gasteiger partial charge in [0, 0.05) is 44.1 Å². The minimum absolute atomic E-state index is 0.00748. The van der Waals surface area contributed by atoms with Crippen LogP contribution in [0.5, 0.6) is 5.75 Å². The number of aromatic amines is 1. The van der Waals surface area contributed by atoms with Crippen molar-refractivity contribution in [3.8, 4) is 5.75 Å². The molecule has 126 valence electrons. The van der Waals surface area contributed by atoms with Crippen molar-refractivity contribution in [2.75, 3.05) is 33.3 Å². The quantitative estimate of drug-likeness (QED) is 0.926. The topological polar surface area (TPSA) is 65.6 Å². The fourth-order valence-electron chi connectivity index (χ4n) is 2.92. The lowest BCUT2D eigenvalue weighted by Crippen LogP contribution is -2.50. The van der Waals surface area contributed by atoms with Gasteiger partial charge in [-0.3, -0.25) is 9.59 Å². The molecule has 1 aromatic heterocycles. The Morgan fingerprint density at radius 1 is 1.08 bits per heavy atom. The summed E-state index contributed by atoms with van der Waals surface area (Å²) in [6, 6.07) is 9.32. The molecule has 1 aromatic carbocycles. The van der Waals surface area contributed by atoms with Crippen molar-refractivity contribution in [2.24, 2.45) is 0 Å². The first-order valence-corrected chi connectivity index (χ1v) is 8.01. The van der Waals surface area contributed by atoms with Crippen molar-refractivity contribution in [2.45, 2.75) is 6.42 Å². The maximum atomic E-state index is 12.5. The molecule has 1 saturated heterocycles. The Morgan fingerprint density at radius 3 is 2.46 bits per heavy atom. The van der Waals surface area contributed by atoms with Crippen LogP contribution in [0.25, 0.3) is 0 Å². The van der Waals surface area contributed by atoms with E-state index >= 15 is 0 Å². The molecule has 2 amide bonds. The van der Waals surface area contributed by atoms with E-state index in [1.54, 1.807) is 30.5 Å². The van der Waals surface area contributed by atoms with E-state index in [2.05, 4.69) is 4.98 Å². The first-order valence-electron chi connectivity index (χ1n) is 8.01. The lowest BCUT2D eigenvalue weighted by atomic mass is 10.1. The fourth-order valence-corrected chi connectivity index (χ4v) is 2.92. The van der Waals surface area contributed by atoms with Crippen molar-refractivity contribution in [3.63, 3.8) is 0 Å². The predicted octanol–water partition coefficient (Wildman–Crippen LogP) is 1.55. The molecule has 6 heteroatoms. The second-order valence-corrected chi connectivity index (χ2v) is 5.76. The van der Waals surface area contributed by atoms with Gasteiger partial charge in [0.05, 0.1) is 19.1 Å². The summed E-state index contributed by atoms with van der Waals surface area (Å²) < 4.78 is 5.30. The van der Waals surface area contributed by atoms with Crippen LogP contribution in [-0.4, -0.2) is 59.9 Å². The zero-order valence-corrected chi connectivity index (χ0v) is 13.7. The summed E-state index contributed by atoms with van der Waals surface area (Å²) in [5, 5.41) is 0. The molecule has 1 aliphatic heterocycles. The van der Waals surface area contributed by atoms with E-state index in [9.17, 15) is 9.59 Å². The molecule has 1 aliphatic rings. The number of para-hydroxylation sites is 1. The Kier molecular flexibility index (Phi) is 4.84. The van der Waals surface area contributed by atoms with Gasteiger partial charge in [0.1, 0.15) is 5.75 Å².